The standard InChI is InChI=1S/C21H34N4O/c1-22-20(25-12-11-21(17-25)9-4-5-10-21)23-16-18-7-6-8-19(15-18)26-14-13-24(2)3/h6-8,15H,4-5,9-14,16-17H2,1-3H3,(H,22,23). The van der Waals surface area contributed by atoms with Gasteiger partial charge in [0.2, 0.25) is 0 Å². The molecule has 0 unspecified atom stereocenters. The highest BCUT2D eigenvalue weighted by Gasteiger charge is 2.41. The van der Waals surface area contributed by atoms with Crippen LogP contribution < -0.4 is 10.1 Å². The maximum Gasteiger partial charge on any atom is 0.193 e. The Labute approximate surface area is 158 Å². The van der Waals surface area contributed by atoms with Crippen molar-refractivity contribution in [3.8, 4) is 5.75 Å². The number of guanidine groups is 1. The smallest absolute Gasteiger partial charge is 0.193 e. The van der Waals surface area contributed by atoms with Crippen LogP contribution >= 0.6 is 0 Å². The van der Waals surface area contributed by atoms with Gasteiger partial charge < -0.3 is 19.9 Å². The molecule has 5 heteroatoms. The van der Waals surface area contributed by atoms with E-state index in [2.05, 4.69) is 52.4 Å². The summed E-state index contributed by atoms with van der Waals surface area (Å²) in [5.41, 5.74) is 1.79. The summed E-state index contributed by atoms with van der Waals surface area (Å²) in [5.74, 6) is 1.97. The van der Waals surface area contributed by atoms with Crippen molar-refractivity contribution in [2.24, 2.45) is 10.4 Å². The topological polar surface area (TPSA) is 40.1 Å². The van der Waals surface area contributed by atoms with E-state index in [1.807, 2.05) is 13.1 Å². The summed E-state index contributed by atoms with van der Waals surface area (Å²) in [6, 6.07) is 8.35. The lowest BCUT2D eigenvalue weighted by Gasteiger charge is -2.26. The molecule has 2 fully saturated rings. The third kappa shape index (κ3) is 4.91. The minimum absolute atomic E-state index is 0.567. The van der Waals surface area contributed by atoms with Crippen LogP contribution in [-0.4, -0.2) is 63.1 Å². The van der Waals surface area contributed by atoms with E-state index in [0.717, 1.165) is 31.3 Å². The predicted molar refractivity (Wildman–Crippen MR) is 108 cm³/mol. The molecule has 3 rings (SSSR count). The van der Waals surface area contributed by atoms with E-state index in [1.165, 1.54) is 44.2 Å². The zero-order valence-corrected chi connectivity index (χ0v) is 16.6. The molecule has 144 valence electrons. The van der Waals surface area contributed by atoms with Crippen LogP contribution in [0.25, 0.3) is 0 Å². The summed E-state index contributed by atoms with van der Waals surface area (Å²) >= 11 is 0. The van der Waals surface area contributed by atoms with Crippen molar-refractivity contribution in [2.75, 3.05) is 47.4 Å². The molecule has 5 nitrogen and oxygen atoms in total. The second-order valence-corrected chi connectivity index (χ2v) is 8.08. The van der Waals surface area contributed by atoms with Crippen LogP contribution in [0.3, 0.4) is 0 Å². The number of hydrogen-bond donors (Lipinski definition) is 1. The number of likely N-dealkylation sites (tertiary alicyclic amines) is 1. The van der Waals surface area contributed by atoms with Gasteiger partial charge in [-0.3, -0.25) is 4.99 Å². The van der Waals surface area contributed by atoms with E-state index in [1.54, 1.807) is 0 Å². The SMILES string of the molecule is CN=C(NCc1cccc(OCCN(C)C)c1)N1CCC2(CCCC2)C1. The summed E-state index contributed by atoms with van der Waals surface area (Å²) in [5, 5.41) is 3.55. The molecule has 1 aromatic rings. The lowest BCUT2D eigenvalue weighted by Crippen LogP contribution is -2.40. The van der Waals surface area contributed by atoms with Crippen molar-refractivity contribution in [3.05, 3.63) is 29.8 Å². The quantitative estimate of drug-likeness (QED) is 0.627. The first-order chi connectivity index (χ1) is 12.6. The monoisotopic (exact) mass is 358 g/mol. The van der Waals surface area contributed by atoms with Gasteiger partial charge in [0, 0.05) is 33.2 Å². The van der Waals surface area contributed by atoms with Crippen LogP contribution in [0.15, 0.2) is 29.3 Å². The fourth-order valence-corrected chi connectivity index (χ4v) is 4.25. The molecule has 0 bridgehead atoms. The first-order valence-electron chi connectivity index (χ1n) is 9.92. The van der Waals surface area contributed by atoms with Gasteiger partial charge in [-0.15, -0.1) is 0 Å². The van der Waals surface area contributed by atoms with Crippen LogP contribution in [0, 0.1) is 5.41 Å². The summed E-state index contributed by atoms with van der Waals surface area (Å²) in [6.07, 6.45) is 6.92. The van der Waals surface area contributed by atoms with Crippen molar-refractivity contribution in [2.45, 2.75) is 38.6 Å². The summed E-state index contributed by atoms with van der Waals surface area (Å²) in [6.45, 7) is 4.71. The summed E-state index contributed by atoms with van der Waals surface area (Å²) in [7, 11) is 6.01. The van der Waals surface area contributed by atoms with Gasteiger partial charge in [-0.2, -0.15) is 0 Å². The van der Waals surface area contributed by atoms with Crippen LogP contribution in [0.5, 0.6) is 5.75 Å². The molecule has 2 aliphatic rings. The molecule has 1 N–H and O–H groups in total. The fourth-order valence-electron chi connectivity index (χ4n) is 4.25. The van der Waals surface area contributed by atoms with Crippen LogP contribution in [0.4, 0.5) is 0 Å². The minimum atomic E-state index is 0.567. The number of ether oxygens (including phenoxy) is 1. The van der Waals surface area contributed by atoms with E-state index in [0.29, 0.717) is 12.0 Å². The highest BCUT2D eigenvalue weighted by molar-refractivity contribution is 5.80. The van der Waals surface area contributed by atoms with Crippen LogP contribution in [-0.2, 0) is 6.54 Å². The Bertz CT molecular complexity index is 608. The largest absolute Gasteiger partial charge is 0.492 e. The molecule has 0 aromatic heterocycles. The van der Waals surface area contributed by atoms with E-state index >= 15 is 0 Å². The zero-order valence-electron chi connectivity index (χ0n) is 16.6. The number of rotatable bonds is 6. The van der Waals surface area contributed by atoms with Gasteiger partial charge in [0.05, 0.1) is 0 Å². The molecule has 1 aliphatic carbocycles. The van der Waals surface area contributed by atoms with Gasteiger partial charge in [-0.05, 0) is 56.5 Å². The highest BCUT2D eigenvalue weighted by atomic mass is 16.5. The third-order valence-electron chi connectivity index (χ3n) is 5.77. The average Bonchev–Trinajstić information content (AvgIpc) is 3.26. The molecule has 1 saturated carbocycles. The number of likely N-dealkylation sites (N-methyl/N-ethyl adjacent to an activating group) is 1. The van der Waals surface area contributed by atoms with Crippen LogP contribution in [0.2, 0.25) is 0 Å². The van der Waals surface area contributed by atoms with E-state index in [9.17, 15) is 0 Å². The van der Waals surface area contributed by atoms with Crippen molar-refractivity contribution in [3.63, 3.8) is 0 Å². The normalized spacial score (nSPS) is 19.5. The van der Waals surface area contributed by atoms with E-state index < -0.39 is 0 Å². The fraction of sp³-hybridized carbons (Fsp3) is 0.667. The first-order valence-corrected chi connectivity index (χ1v) is 9.92. The molecular weight excluding hydrogens is 324 g/mol. The molecule has 1 spiro atoms. The van der Waals surface area contributed by atoms with E-state index in [-0.39, 0.29) is 0 Å². The summed E-state index contributed by atoms with van der Waals surface area (Å²) in [4.78, 5) is 9.10. The van der Waals surface area contributed by atoms with Crippen molar-refractivity contribution < 1.29 is 4.74 Å². The summed E-state index contributed by atoms with van der Waals surface area (Å²) < 4.78 is 5.84. The number of aliphatic imine (C=N–C) groups is 1. The lowest BCUT2D eigenvalue weighted by molar-refractivity contribution is 0.261. The molecule has 0 radical (unpaired) electrons. The number of nitrogens with zero attached hydrogens (tertiary/aromatic N) is 3. The van der Waals surface area contributed by atoms with Crippen LogP contribution in [0.1, 0.15) is 37.7 Å². The van der Waals surface area contributed by atoms with Gasteiger partial charge in [-0.1, -0.05) is 25.0 Å². The second-order valence-electron chi connectivity index (χ2n) is 8.08. The zero-order chi connectivity index (χ0) is 18.4. The minimum Gasteiger partial charge on any atom is -0.492 e. The average molecular weight is 359 g/mol. The second kappa shape index (κ2) is 8.76. The lowest BCUT2D eigenvalue weighted by atomic mass is 9.86. The molecule has 26 heavy (non-hydrogen) atoms. The Balaban J connectivity index is 1.51. The van der Waals surface area contributed by atoms with Crippen molar-refractivity contribution in [1.29, 1.82) is 0 Å². The molecule has 1 saturated heterocycles. The maximum absolute atomic E-state index is 5.84. The van der Waals surface area contributed by atoms with Crippen molar-refractivity contribution in [1.82, 2.24) is 15.1 Å². The number of hydrogen-bond acceptors (Lipinski definition) is 3. The Morgan fingerprint density at radius 3 is 2.81 bits per heavy atom. The van der Waals surface area contributed by atoms with Gasteiger partial charge in [0.25, 0.3) is 0 Å². The molecule has 0 atom stereocenters. The molecule has 1 heterocycles. The Hall–Kier alpha value is -1.75. The van der Waals surface area contributed by atoms with Crippen molar-refractivity contribution >= 4 is 5.96 Å². The molecule has 1 aromatic carbocycles. The van der Waals surface area contributed by atoms with Gasteiger partial charge in [-0.25, -0.2) is 0 Å². The predicted octanol–water partition coefficient (Wildman–Crippen LogP) is 2.97. The highest BCUT2D eigenvalue weighted by Crippen LogP contribution is 2.45. The van der Waals surface area contributed by atoms with E-state index in [4.69, 9.17) is 4.74 Å². The molecule has 0 amide bonds. The molecular formula is C21H34N4O. The van der Waals surface area contributed by atoms with Gasteiger partial charge in [0.1, 0.15) is 12.4 Å². The third-order valence-corrected chi connectivity index (χ3v) is 5.77. The molecule has 1 aliphatic heterocycles. The Morgan fingerprint density at radius 2 is 2.08 bits per heavy atom. The number of nitrogens with one attached hydrogen (secondary N) is 1. The first kappa shape index (κ1) is 19.0. The number of benzene rings is 1. The Morgan fingerprint density at radius 1 is 1.27 bits per heavy atom. The van der Waals surface area contributed by atoms with Gasteiger partial charge >= 0.3 is 0 Å². The Kier molecular flexibility index (Phi) is 6.41. The maximum atomic E-state index is 5.84. The van der Waals surface area contributed by atoms with Gasteiger partial charge in [0.15, 0.2) is 5.96 Å².